The minimum Gasteiger partial charge on any atom is -0.489 e. The van der Waals surface area contributed by atoms with Gasteiger partial charge in [0, 0.05) is 6.54 Å². The zero-order valence-electron chi connectivity index (χ0n) is 10.2. The van der Waals surface area contributed by atoms with E-state index in [1.54, 1.807) is 0 Å². The predicted octanol–water partition coefficient (Wildman–Crippen LogP) is 2.59. The number of anilines is 1. The average molecular weight is 240 g/mol. The van der Waals surface area contributed by atoms with Gasteiger partial charge in [-0.15, -0.1) is 0 Å². The van der Waals surface area contributed by atoms with Gasteiger partial charge in [0.15, 0.2) is 0 Å². The van der Waals surface area contributed by atoms with E-state index in [4.69, 9.17) is 4.74 Å². The standard InChI is InChI=1S/C15H16N2O/c1-2-6-13(7-3-1)12-16-17-10-11-18-15-9-5-4-8-14(15)17/h1-9,16H,10-12H2. The fraction of sp³-hybridized carbons (Fsp3) is 0.200. The molecule has 3 nitrogen and oxygen atoms in total. The van der Waals surface area contributed by atoms with Gasteiger partial charge in [-0.1, -0.05) is 42.5 Å². The molecule has 3 rings (SSSR count). The topological polar surface area (TPSA) is 24.5 Å². The number of hydrazine groups is 1. The Hall–Kier alpha value is -2.00. The number of hydrogen-bond acceptors (Lipinski definition) is 3. The summed E-state index contributed by atoms with van der Waals surface area (Å²) in [6.07, 6.45) is 0. The van der Waals surface area contributed by atoms with E-state index in [0.29, 0.717) is 0 Å². The van der Waals surface area contributed by atoms with Crippen LogP contribution in [0.3, 0.4) is 0 Å². The van der Waals surface area contributed by atoms with Crippen LogP contribution >= 0.6 is 0 Å². The molecule has 2 aromatic carbocycles. The van der Waals surface area contributed by atoms with E-state index in [2.05, 4.69) is 40.8 Å². The molecule has 0 spiro atoms. The maximum Gasteiger partial charge on any atom is 0.144 e. The number of nitrogens with zero attached hydrogens (tertiary/aromatic N) is 1. The summed E-state index contributed by atoms with van der Waals surface area (Å²) in [4.78, 5) is 0. The van der Waals surface area contributed by atoms with Crippen molar-refractivity contribution in [3.05, 3.63) is 60.2 Å². The molecule has 92 valence electrons. The van der Waals surface area contributed by atoms with Crippen molar-refractivity contribution in [1.29, 1.82) is 0 Å². The lowest BCUT2D eigenvalue weighted by Crippen LogP contribution is -2.43. The fourth-order valence-electron chi connectivity index (χ4n) is 2.12. The first-order valence-electron chi connectivity index (χ1n) is 6.20. The monoisotopic (exact) mass is 240 g/mol. The Balaban J connectivity index is 1.71. The molecule has 0 radical (unpaired) electrons. The van der Waals surface area contributed by atoms with Crippen LogP contribution < -0.4 is 15.2 Å². The normalized spacial score (nSPS) is 13.9. The van der Waals surface area contributed by atoms with Crippen molar-refractivity contribution in [3.8, 4) is 5.75 Å². The van der Waals surface area contributed by atoms with Gasteiger partial charge < -0.3 is 9.75 Å². The predicted molar refractivity (Wildman–Crippen MR) is 72.6 cm³/mol. The van der Waals surface area contributed by atoms with E-state index >= 15 is 0 Å². The van der Waals surface area contributed by atoms with E-state index in [-0.39, 0.29) is 0 Å². The smallest absolute Gasteiger partial charge is 0.144 e. The molecule has 0 bridgehead atoms. The Bertz CT molecular complexity index is 513. The Morgan fingerprint density at radius 3 is 2.67 bits per heavy atom. The average Bonchev–Trinajstić information content (AvgIpc) is 2.46. The maximum atomic E-state index is 5.62. The van der Waals surface area contributed by atoms with Gasteiger partial charge in [-0.3, -0.25) is 0 Å². The van der Waals surface area contributed by atoms with Crippen LogP contribution in [0.2, 0.25) is 0 Å². The van der Waals surface area contributed by atoms with Crippen LogP contribution in [0.15, 0.2) is 54.6 Å². The molecule has 1 heterocycles. The molecule has 3 heteroatoms. The van der Waals surface area contributed by atoms with Crippen LogP contribution in [0.1, 0.15) is 5.56 Å². The van der Waals surface area contributed by atoms with Crippen LogP contribution in [-0.4, -0.2) is 13.2 Å². The molecule has 2 aromatic rings. The first-order valence-corrected chi connectivity index (χ1v) is 6.20. The highest BCUT2D eigenvalue weighted by atomic mass is 16.5. The molecular formula is C15H16N2O. The summed E-state index contributed by atoms with van der Waals surface area (Å²) in [5, 5.41) is 2.16. The molecule has 0 saturated heterocycles. The fourth-order valence-corrected chi connectivity index (χ4v) is 2.12. The Labute approximate surface area is 107 Å². The lowest BCUT2D eigenvalue weighted by Gasteiger charge is -2.31. The summed E-state index contributed by atoms with van der Waals surface area (Å²) in [7, 11) is 0. The minimum atomic E-state index is 0.721. The minimum absolute atomic E-state index is 0.721. The molecule has 0 aliphatic carbocycles. The molecule has 0 aromatic heterocycles. The Kier molecular flexibility index (Phi) is 3.15. The molecule has 0 unspecified atom stereocenters. The van der Waals surface area contributed by atoms with E-state index in [1.165, 1.54) is 5.56 Å². The molecule has 0 atom stereocenters. The first-order chi connectivity index (χ1) is 8.93. The lowest BCUT2D eigenvalue weighted by molar-refractivity contribution is 0.298. The van der Waals surface area contributed by atoms with Crippen molar-refractivity contribution in [1.82, 2.24) is 5.43 Å². The number of rotatable bonds is 3. The zero-order valence-corrected chi connectivity index (χ0v) is 10.2. The number of para-hydroxylation sites is 2. The van der Waals surface area contributed by atoms with E-state index in [0.717, 1.165) is 31.1 Å². The lowest BCUT2D eigenvalue weighted by atomic mass is 10.2. The third-order valence-electron chi connectivity index (χ3n) is 3.05. The molecule has 1 aliphatic rings. The summed E-state index contributed by atoms with van der Waals surface area (Å²) < 4.78 is 5.62. The van der Waals surface area contributed by atoms with Crippen LogP contribution in [0.5, 0.6) is 5.75 Å². The van der Waals surface area contributed by atoms with Gasteiger partial charge in [-0.25, -0.2) is 5.43 Å². The van der Waals surface area contributed by atoms with E-state index in [1.807, 2.05) is 24.3 Å². The van der Waals surface area contributed by atoms with Gasteiger partial charge in [0.2, 0.25) is 0 Å². The molecule has 1 aliphatic heterocycles. The van der Waals surface area contributed by atoms with Gasteiger partial charge in [-0.2, -0.15) is 0 Å². The van der Waals surface area contributed by atoms with Crippen LogP contribution in [0.25, 0.3) is 0 Å². The largest absolute Gasteiger partial charge is 0.489 e. The first kappa shape index (κ1) is 11.1. The quantitative estimate of drug-likeness (QED) is 0.892. The third-order valence-corrected chi connectivity index (χ3v) is 3.05. The second-order valence-electron chi connectivity index (χ2n) is 4.29. The summed E-state index contributed by atoms with van der Waals surface area (Å²) in [6.45, 7) is 2.41. The van der Waals surface area contributed by atoms with Gasteiger partial charge >= 0.3 is 0 Å². The SMILES string of the molecule is c1ccc(CNN2CCOc3ccccc32)cc1. The number of fused-ring (bicyclic) bond motifs is 1. The molecule has 0 amide bonds. The van der Waals surface area contributed by atoms with Crippen molar-refractivity contribution in [2.75, 3.05) is 18.2 Å². The van der Waals surface area contributed by atoms with Gasteiger partial charge in [-0.05, 0) is 17.7 Å². The van der Waals surface area contributed by atoms with Crippen LogP contribution in [0, 0.1) is 0 Å². The number of ether oxygens (including phenoxy) is 1. The summed E-state index contributed by atoms with van der Waals surface area (Å²) in [5.74, 6) is 0.948. The van der Waals surface area contributed by atoms with E-state index in [9.17, 15) is 0 Å². The number of nitrogens with one attached hydrogen (secondary N) is 1. The van der Waals surface area contributed by atoms with Crippen molar-refractivity contribution in [2.24, 2.45) is 0 Å². The highest BCUT2D eigenvalue weighted by Gasteiger charge is 2.16. The van der Waals surface area contributed by atoms with Crippen molar-refractivity contribution < 1.29 is 4.74 Å². The molecule has 0 saturated carbocycles. The van der Waals surface area contributed by atoms with Gasteiger partial charge in [0.05, 0.1) is 12.2 Å². The number of hydrogen-bond donors (Lipinski definition) is 1. The Morgan fingerprint density at radius 2 is 1.78 bits per heavy atom. The summed E-state index contributed by atoms with van der Waals surface area (Å²) in [5.41, 5.74) is 5.84. The zero-order chi connectivity index (χ0) is 12.2. The number of benzene rings is 2. The maximum absolute atomic E-state index is 5.62. The highest BCUT2D eigenvalue weighted by molar-refractivity contribution is 5.58. The molecular weight excluding hydrogens is 224 g/mol. The van der Waals surface area contributed by atoms with Crippen LogP contribution in [-0.2, 0) is 6.54 Å². The van der Waals surface area contributed by atoms with Crippen LogP contribution in [0.4, 0.5) is 5.69 Å². The van der Waals surface area contributed by atoms with Crippen molar-refractivity contribution in [3.63, 3.8) is 0 Å². The summed E-state index contributed by atoms with van der Waals surface area (Å²) >= 11 is 0. The summed E-state index contributed by atoms with van der Waals surface area (Å²) in [6, 6.07) is 18.5. The van der Waals surface area contributed by atoms with E-state index < -0.39 is 0 Å². The second-order valence-corrected chi connectivity index (χ2v) is 4.29. The van der Waals surface area contributed by atoms with Gasteiger partial charge in [0.25, 0.3) is 0 Å². The van der Waals surface area contributed by atoms with Crippen molar-refractivity contribution in [2.45, 2.75) is 6.54 Å². The van der Waals surface area contributed by atoms with Gasteiger partial charge in [0.1, 0.15) is 12.4 Å². The Morgan fingerprint density at radius 1 is 1.00 bits per heavy atom. The third kappa shape index (κ3) is 2.31. The highest BCUT2D eigenvalue weighted by Crippen LogP contribution is 2.29. The van der Waals surface area contributed by atoms with Crippen molar-refractivity contribution >= 4 is 5.69 Å². The molecule has 0 fully saturated rings. The second kappa shape index (κ2) is 5.10. The molecule has 1 N–H and O–H groups in total. The molecule has 18 heavy (non-hydrogen) atoms.